The summed E-state index contributed by atoms with van der Waals surface area (Å²) in [5.74, 6) is 1.27. The normalized spacial score (nSPS) is 11.4. The van der Waals surface area contributed by atoms with Crippen molar-refractivity contribution < 1.29 is 0 Å². The third-order valence-electron chi connectivity index (χ3n) is 7.47. The lowest BCUT2D eigenvalue weighted by atomic mass is 10.0. The van der Waals surface area contributed by atoms with Gasteiger partial charge in [-0.2, -0.15) is 0 Å². The smallest absolute Gasteiger partial charge is 0.108 e. The molecule has 0 aliphatic rings. The van der Waals surface area contributed by atoms with E-state index in [-0.39, 0.29) is 0 Å². The van der Waals surface area contributed by atoms with Gasteiger partial charge in [-0.3, -0.25) is 0 Å². The van der Waals surface area contributed by atoms with Crippen molar-refractivity contribution in [1.82, 2.24) is 9.55 Å². The summed E-state index contributed by atoms with van der Waals surface area (Å²) in [5.41, 5.74) is 2.72. The Morgan fingerprint density at radius 1 is 0.571 bits per heavy atom. The van der Waals surface area contributed by atoms with E-state index in [0.29, 0.717) is 0 Å². The van der Waals surface area contributed by atoms with Crippen molar-refractivity contribution in [2.24, 2.45) is 0 Å². The number of hydrogen-bond donors (Lipinski definition) is 0. The Hall–Kier alpha value is -1.57. The molecular formula is C33H56N2. The van der Waals surface area contributed by atoms with Gasteiger partial charge >= 0.3 is 0 Å². The van der Waals surface area contributed by atoms with E-state index in [9.17, 15) is 0 Å². The molecule has 198 valence electrons. The van der Waals surface area contributed by atoms with Crippen LogP contribution in [0.5, 0.6) is 0 Å². The van der Waals surface area contributed by atoms with E-state index in [2.05, 4.69) is 54.9 Å². The van der Waals surface area contributed by atoms with E-state index in [0.717, 1.165) is 25.8 Å². The Morgan fingerprint density at radius 3 is 1.60 bits per heavy atom. The molecule has 0 spiro atoms. The predicted octanol–water partition coefficient (Wildman–Crippen LogP) is 10.3. The van der Waals surface area contributed by atoms with Gasteiger partial charge in [0.05, 0.1) is 5.69 Å². The molecule has 1 aromatic heterocycles. The zero-order chi connectivity index (χ0) is 24.8. The molecule has 2 aromatic rings. The first kappa shape index (κ1) is 29.7. The zero-order valence-electron chi connectivity index (χ0n) is 23.4. The standard InChI is InChI=1S/C33H56N2/c1-3-5-6-7-8-9-10-11-12-13-14-15-16-17-18-19-23-29-35-30-32(34-33(35)4-2)28-24-27-31-25-21-20-22-26-31/h20-22,25-26,30H,3-19,23-24,27-29H2,1-2H3. The van der Waals surface area contributed by atoms with Crippen molar-refractivity contribution >= 4 is 0 Å². The predicted molar refractivity (Wildman–Crippen MR) is 154 cm³/mol. The molecular weight excluding hydrogens is 424 g/mol. The Bertz CT molecular complexity index is 718. The minimum absolute atomic E-state index is 1.04. The third-order valence-corrected chi connectivity index (χ3v) is 7.47. The van der Waals surface area contributed by atoms with Gasteiger partial charge in [-0.05, 0) is 31.2 Å². The number of nitrogens with zero attached hydrogens (tertiary/aromatic N) is 2. The van der Waals surface area contributed by atoms with E-state index in [1.165, 1.54) is 133 Å². The number of benzene rings is 1. The van der Waals surface area contributed by atoms with E-state index >= 15 is 0 Å². The van der Waals surface area contributed by atoms with Crippen LogP contribution in [-0.2, 0) is 25.8 Å². The monoisotopic (exact) mass is 480 g/mol. The van der Waals surface area contributed by atoms with E-state index in [1.807, 2.05) is 0 Å². The van der Waals surface area contributed by atoms with Crippen molar-refractivity contribution in [2.45, 2.75) is 155 Å². The summed E-state index contributed by atoms with van der Waals surface area (Å²) < 4.78 is 2.43. The molecule has 2 rings (SSSR count). The highest BCUT2D eigenvalue weighted by atomic mass is 15.1. The second-order valence-corrected chi connectivity index (χ2v) is 10.7. The molecule has 0 radical (unpaired) electrons. The first-order valence-corrected chi connectivity index (χ1v) is 15.4. The first-order valence-electron chi connectivity index (χ1n) is 15.4. The number of aromatic nitrogens is 2. The van der Waals surface area contributed by atoms with Gasteiger partial charge in [0.25, 0.3) is 0 Å². The molecule has 2 nitrogen and oxygen atoms in total. The molecule has 0 saturated carbocycles. The van der Waals surface area contributed by atoms with Crippen LogP contribution in [0.1, 0.15) is 147 Å². The van der Waals surface area contributed by atoms with Gasteiger partial charge in [-0.25, -0.2) is 4.98 Å². The molecule has 1 heterocycles. The molecule has 0 unspecified atom stereocenters. The van der Waals surface area contributed by atoms with Crippen LogP contribution in [0.2, 0.25) is 0 Å². The fraction of sp³-hybridized carbons (Fsp3) is 0.727. The van der Waals surface area contributed by atoms with Gasteiger partial charge in [-0.15, -0.1) is 0 Å². The summed E-state index contributed by atoms with van der Waals surface area (Å²) >= 11 is 0. The van der Waals surface area contributed by atoms with Crippen LogP contribution >= 0.6 is 0 Å². The maximum absolute atomic E-state index is 4.92. The molecule has 0 amide bonds. The molecule has 0 N–H and O–H groups in total. The lowest BCUT2D eigenvalue weighted by Gasteiger charge is -2.06. The summed E-state index contributed by atoms with van der Waals surface area (Å²) in [6.45, 7) is 5.68. The van der Waals surface area contributed by atoms with E-state index in [1.54, 1.807) is 0 Å². The number of hydrogen-bond acceptors (Lipinski definition) is 1. The van der Waals surface area contributed by atoms with Crippen LogP contribution < -0.4 is 0 Å². The minimum Gasteiger partial charge on any atom is -0.335 e. The summed E-state index contributed by atoms with van der Waals surface area (Å²) in [6, 6.07) is 10.8. The van der Waals surface area contributed by atoms with Crippen molar-refractivity contribution in [3.8, 4) is 0 Å². The number of imidazole rings is 1. The molecule has 0 aliphatic carbocycles. The van der Waals surface area contributed by atoms with Gasteiger partial charge in [0.2, 0.25) is 0 Å². The molecule has 1 aromatic carbocycles. The van der Waals surface area contributed by atoms with Crippen molar-refractivity contribution in [1.29, 1.82) is 0 Å². The average Bonchev–Trinajstić information content (AvgIpc) is 3.28. The lowest BCUT2D eigenvalue weighted by molar-refractivity contribution is 0.517. The van der Waals surface area contributed by atoms with Crippen molar-refractivity contribution in [3.63, 3.8) is 0 Å². The lowest BCUT2D eigenvalue weighted by Crippen LogP contribution is -2.01. The first-order chi connectivity index (χ1) is 17.3. The van der Waals surface area contributed by atoms with Crippen molar-refractivity contribution in [3.05, 3.63) is 53.6 Å². The topological polar surface area (TPSA) is 17.8 Å². The minimum atomic E-state index is 1.04. The maximum Gasteiger partial charge on any atom is 0.108 e. The Labute approximate surface area is 218 Å². The average molecular weight is 481 g/mol. The fourth-order valence-electron chi connectivity index (χ4n) is 5.23. The summed E-state index contributed by atoms with van der Waals surface area (Å²) in [7, 11) is 0. The van der Waals surface area contributed by atoms with Gasteiger partial charge in [-0.1, -0.05) is 147 Å². The second kappa shape index (κ2) is 20.6. The highest BCUT2D eigenvalue weighted by Crippen LogP contribution is 2.15. The summed E-state index contributed by atoms with van der Waals surface area (Å²) in [5, 5.41) is 0. The Balaban J connectivity index is 1.41. The van der Waals surface area contributed by atoms with Gasteiger partial charge in [0.15, 0.2) is 0 Å². The second-order valence-electron chi connectivity index (χ2n) is 10.7. The SMILES string of the molecule is CCCCCCCCCCCCCCCCCCCn1cc(CCCc2ccccc2)nc1CC. The molecule has 0 aliphatic heterocycles. The van der Waals surface area contributed by atoms with Gasteiger partial charge in [0, 0.05) is 19.2 Å². The molecule has 2 heteroatoms. The third kappa shape index (κ3) is 14.6. The summed E-state index contributed by atoms with van der Waals surface area (Å²) in [4.78, 5) is 4.92. The quantitative estimate of drug-likeness (QED) is 0.145. The van der Waals surface area contributed by atoms with Crippen LogP contribution in [0.4, 0.5) is 0 Å². The summed E-state index contributed by atoms with van der Waals surface area (Å²) in [6.07, 6.45) is 31.1. The maximum atomic E-state index is 4.92. The van der Waals surface area contributed by atoms with Crippen molar-refractivity contribution in [2.75, 3.05) is 0 Å². The van der Waals surface area contributed by atoms with Crippen LogP contribution in [0.3, 0.4) is 0 Å². The molecule has 35 heavy (non-hydrogen) atoms. The van der Waals surface area contributed by atoms with Crippen LogP contribution in [-0.4, -0.2) is 9.55 Å². The molecule has 0 bridgehead atoms. The van der Waals surface area contributed by atoms with E-state index < -0.39 is 0 Å². The van der Waals surface area contributed by atoms with Crippen LogP contribution in [0, 0.1) is 0 Å². The number of unbranched alkanes of at least 4 members (excludes halogenated alkanes) is 16. The Morgan fingerprint density at radius 2 is 1.09 bits per heavy atom. The van der Waals surface area contributed by atoms with Gasteiger partial charge in [0.1, 0.15) is 5.82 Å². The van der Waals surface area contributed by atoms with Gasteiger partial charge < -0.3 is 4.57 Å². The molecule has 0 atom stereocenters. The highest BCUT2D eigenvalue weighted by Gasteiger charge is 2.06. The van der Waals surface area contributed by atoms with Crippen LogP contribution in [0.15, 0.2) is 36.5 Å². The molecule has 0 saturated heterocycles. The van der Waals surface area contributed by atoms with Crippen LogP contribution in [0.25, 0.3) is 0 Å². The largest absolute Gasteiger partial charge is 0.335 e. The fourth-order valence-corrected chi connectivity index (χ4v) is 5.23. The number of rotatable bonds is 23. The Kier molecular flexibility index (Phi) is 17.5. The molecule has 0 fully saturated rings. The zero-order valence-corrected chi connectivity index (χ0v) is 23.4. The van der Waals surface area contributed by atoms with E-state index in [4.69, 9.17) is 4.98 Å². The number of aryl methyl sites for hydroxylation is 4. The highest BCUT2D eigenvalue weighted by molar-refractivity contribution is 5.15.